The number of hydrogen-bond donors (Lipinski definition) is 1. The van der Waals surface area contributed by atoms with Crippen LogP contribution in [0.15, 0.2) is 0 Å². The first-order chi connectivity index (χ1) is 7.07. The molecule has 88 valence electrons. The van der Waals surface area contributed by atoms with Crippen molar-refractivity contribution in [1.29, 1.82) is 0 Å². The zero-order valence-electron chi connectivity index (χ0n) is 10.4. The molecular formula is C13H25NO. The highest BCUT2D eigenvalue weighted by Crippen LogP contribution is 2.30. The Kier molecular flexibility index (Phi) is 3.36. The molecule has 1 saturated heterocycles. The van der Waals surface area contributed by atoms with Crippen LogP contribution in [0.2, 0.25) is 0 Å². The summed E-state index contributed by atoms with van der Waals surface area (Å²) in [6.07, 6.45) is 4.14. The highest BCUT2D eigenvalue weighted by molar-refractivity contribution is 4.86. The van der Waals surface area contributed by atoms with E-state index in [2.05, 4.69) is 26.1 Å². The van der Waals surface area contributed by atoms with Crippen molar-refractivity contribution in [2.75, 3.05) is 19.8 Å². The SMILES string of the molecule is CC1CC(C)CC(NCC2(C)COC2)C1. The first kappa shape index (κ1) is 11.4. The van der Waals surface area contributed by atoms with E-state index in [-0.39, 0.29) is 0 Å². The average Bonchev–Trinajstić information content (AvgIpc) is 2.10. The average molecular weight is 211 g/mol. The molecule has 1 aliphatic carbocycles. The second kappa shape index (κ2) is 4.42. The lowest BCUT2D eigenvalue weighted by Gasteiger charge is -2.41. The van der Waals surface area contributed by atoms with Crippen LogP contribution in [0, 0.1) is 17.3 Å². The van der Waals surface area contributed by atoms with Crippen molar-refractivity contribution in [2.24, 2.45) is 17.3 Å². The molecule has 2 unspecified atom stereocenters. The van der Waals surface area contributed by atoms with Gasteiger partial charge in [0.2, 0.25) is 0 Å². The normalized spacial score (nSPS) is 39.8. The van der Waals surface area contributed by atoms with E-state index in [4.69, 9.17) is 4.74 Å². The van der Waals surface area contributed by atoms with Crippen molar-refractivity contribution in [2.45, 2.75) is 46.1 Å². The molecule has 1 saturated carbocycles. The molecule has 2 atom stereocenters. The molecule has 1 N–H and O–H groups in total. The third-order valence-electron chi connectivity index (χ3n) is 3.90. The van der Waals surface area contributed by atoms with Crippen LogP contribution in [-0.2, 0) is 4.74 Å². The molecule has 2 rings (SSSR count). The number of nitrogens with one attached hydrogen (secondary N) is 1. The van der Waals surface area contributed by atoms with Crippen LogP contribution in [0.5, 0.6) is 0 Å². The molecule has 0 radical (unpaired) electrons. The van der Waals surface area contributed by atoms with Crippen molar-refractivity contribution in [3.63, 3.8) is 0 Å². The first-order valence-electron chi connectivity index (χ1n) is 6.38. The van der Waals surface area contributed by atoms with Gasteiger partial charge in [0.25, 0.3) is 0 Å². The summed E-state index contributed by atoms with van der Waals surface area (Å²) in [5, 5.41) is 3.74. The molecule has 1 heterocycles. The number of ether oxygens (including phenoxy) is 1. The van der Waals surface area contributed by atoms with E-state index in [0.29, 0.717) is 5.41 Å². The van der Waals surface area contributed by atoms with Crippen molar-refractivity contribution in [3.05, 3.63) is 0 Å². The van der Waals surface area contributed by atoms with Gasteiger partial charge in [0.15, 0.2) is 0 Å². The fraction of sp³-hybridized carbons (Fsp3) is 1.00. The van der Waals surface area contributed by atoms with Gasteiger partial charge in [0.05, 0.1) is 13.2 Å². The molecule has 15 heavy (non-hydrogen) atoms. The fourth-order valence-electron chi connectivity index (χ4n) is 3.06. The maximum Gasteiger partial charge on any atom is 0.0554 e. The van der Waals surface area contributed by atoms with Crippen LogP contribution < -0.4 is 5.32 Å². The van der Waals surface area contributed by atoms with E-state index < -0.39 is 0 Å². The minimum atomic E-state index is 0.421. The molecule has 2 nitrogen and oxygen atoms in total. The van der Waals surface area contributed by atoms with E-state index in [9.17, 15) is 0 Å². The van der Waals surface area contributed by atoms with E-state index in [0.717, 1.165) is 37.6 Å². The summed E-state index contributed by atoms with van der Waals surface area (Å²) in [7, 11) is 0. The lowest BCUT2D eigenvalue weighted by molar-refractivity contribution is -0.101. The van der Waals surface area contributed by atoms with Crippen LogP contribution in [0.3, 0.4) is 0 Å². The highest BCUT2D eigenvalue weighted by Gasteiger charge is 2.34. The van der Waals surface area contributed by atoms with Gasteiger partial charge >= 0.3 is 0 Å². The second-order valence-electron chi connectivity index (χ2n) is 6.30. The molecule has 0 spiro atoms. The lowest BCUT2D eigenvalue weighted by atomic mass is 9.79. The Morgan fingerprint density at radius 2 is 1.73 bits per heavy atom. The number of hydrogen-bond acceptors (Lipinski definition) is 2. The molecule has 2 aliphatic rings. The predicted octanol–water partition coefficient (Wildman–Crippen LogP) is 2.44. The van der Waals surface area contributed by atoms with Gasteiger partial charge in [-0.05, 0) is 31.1 Å². The Labute approximate surface area is 93.8 Å². The third kappa shape index (κ3) is 2.94. The van der Waals surface area contributed by atoms with Crippen molar-refractivity contribution in [1.82, 2.24) is 5.32 Å². The molecule has 2 heteroatoms. The zero-order chi connectivity index (χ0) is 10.9. The summed E-state index contributed by atoms with van der Waals surface area (Å²) >= 11 is 0. The summed E-state index contributed by atoms with van der Waals surface area (Å²) < 4.78 is 5.28. The van der Waals surface area contributed by atoms with Gasteiger partial charge < -0.3 is 10.1 Å². The quantitative estimate of drug-likeness (QED) is 0.774. The molecule has 0 aromatic heterocycles. The van der Waals surface area contributed by atoms with Crippen molar-refractivity contribution < 1.29 is 4.74 Å². The maximum absolute atomic E-state index is 5.28. The van der Waals surface area contributed by atoms with Gasteiger partial charge in [-0.2, -0.15) is 0 Å². The minimum Gasteiger partial charge on any atom is -0.380 e. The molecule has 2 fully saturated rings. The van der Waals surface area contributed by atoms with Gasteiger partial charge in [-0.25, -0.2) is 0 Å². The molecule has 0 aromatic carbocycles. The van der Waals surface area contributed by atoms with Gasteiger partial charge in [0.1, 0.15) is 0 Å². The van der Waals surface area contributed by atoms with Gasteiger partial charge in [-0.1, -0.05) is 20.8 Å². The van der Waals surface area contributed by atoms with E-state index in [1.165, 1.54) is 19.3 Å². The largest absolute Gasteiger partial charge is 0.380 e. The first-order valence-corrected chi connectivity index (χ1v) is 6.38. The van der Waals surface area contributed by atoms with Gasteiger partial charge in [-0.3, -0.25) is 0 Å². The molecule has 0 amide bonds. The summed E-state index contributed by atoms with van der Waals surface area (Å²) in [4.78, 5) is 0. The molecular weight excluding hydrogens is 186 g/mol. The monoisotopic (exact) mass is 211 g/mol. The summed E-state index contributed by atoms with van der Waals surface area (Å²) in [5.74, 6) is 1.80. The summed E-state index contributed by atoms with van der Waals surface area (Å²) in [6.45, 7) is 10.1. The van der Waals surface area contributed by atoms with Crippen LogP contribution in [0.1, 0.15) is 40.0 Å². The standard InChI is InChI=1S/C13H25NO/c1-10-4-11(2)6-12(5-10)14-7-13(3)8-15-9-13/h10-12,14H,4-9H2,1-3H3. The van der Waals surface area contributed by atoms with Crippen molar-refractivity contribution in [3.8, 4) is 0 Å². The summed E-state index contributed by atoms with van der Waals surface area (Å²) in [6, 6.07) is 0.751. The predicted molar refractivity (Wildman–Crippen MR) is 62.9 cm³/mol. The van der Waals surface area contributed by atoms with E-state index in [1.54, 1.807) is 0 Å². The van der Waals surface area contributed by atoms with Crippen molar-refractivity contribution >= 4 is 0 Å². The third-order valence-corrected chi connectivity index (χ3v) is 3.90. The van der Waals surface area contributed by atoms with Gasteiger partial charge in [0, 0.05) is 18.0 Å². The van der Waals surface area contributed by atoms with E-state index >= 15 is 0 Å². The maximum atomic E-state index is 5.28. The van der Waals surface area contributed by atoms with E-state index in [1.807, 2.05) is 0 Å². The Morgan fingerprint density at radius 3 is 2.20 bits per heavy atom. The Bertz CT molecular complexity index is 203. The Morgan fingerprint density at radius 1 is 1.13 bits per heavy atom. The second-order valence-corrected chi connectivity index (χ2v) is 6.30. The summed E-state index contributed by atoms with van der Waals surface area (Å²) in [5.41, 5.74) is 0.421. The van der Waals surface area contributed by atoms with Crippen LogP contribution in [0.4, 0.5) is 0 Å². The van der Waals surface area contributed by atoms with Crippen LogP contribution >= 0.6 is 0 Å². The Hall–Kier alpha value is -0.0800. The lowest BCUT2D eigenvalue weighted by Crippen LogP contribution is -2.50. The van der Waals surface area contributed by atoms with Gasteiger partial charge in [-0.15, -0.1) is 0 Å². The fourth-order valence-corrected chi connectivity index (χ4v) is 3.06. The smallest absolute Gasteiger partial charge is 0.0554 e. The number of rotatable bonds is 3. The molecule has 1 aliphatic heterocycles. The molecule has 0 bridgehead atoms. The topological polar surface area (TPSA) is 21.3 Å². The van der Waals surface area contributed by atoms with Crippen LogP contribution in [-0.4, -0.2) is 25.8 Å². The Balaban J connectivity index is 1.74. The molecule has 0 aromatic rings. The van der Waals surface area contributed by atoms with Crippen LogP contribution in [0.25, 0.3) is 0 Å². The zero-order valence-corrected chi connectivity index (χ0v) is 10.4. The highest BCUT2D eigenvalue weighted by atomic mass is 16.5. The minimum absolute atomic E-state index is 0.421.